The molecule has 1 aromatic heterocycles. The predicted molar refractivity (Wildman–Crippen MR) is 132 cm³/mol. The zero-order valence-corrected chi connectivity index (χ0v) is 18.8. The molecular formula is C25H20Cl2N4O2. The van der Waals surface area contributed by atoms with Crippen molar-refractivity contribution < 1.29 is 9.53 Å². The smallest absolute Gasteiger partial charge is 0.270 e. The summed E-state index contributed by atoms with van der Waals surface area (Å²) in [4.78, 5) is 13.3. The Kier molecular flexibility index (Phi) is 6.68. The van der Waals surface area contributed by atoms with Gasteiger partial charge in [-0.3, -0.25) is 10.2 Å². The van der Waals surface area contributed by atoms with Crippen molar-refractivity contribution in [3.63, 3.8) is 0 Å². The second-order valence-electron chi connectivity index (χ2n) is 7.21. The summed E-state index contributed by atoms with van der Waals surface area (Å²) in [6, 6.07) is 22.9. The van der Waals surface area contributed by atoms with E-state index in [0.29, 0.717) is 38.3 Å². The van der Waals surface area contributed by atoms with Gasteiger partial charge < -0.3 is 20.4 Å². The summed E-state index contributed by atoms with van der Waals surface area (Å²) in [6.45, 7) is 0. The first-order chi connectivity index (χ1) is 15.9. The summed E-state index contributed by atoms with van der Waals surface area (Å²) in [6.07, 6.45) is 2.72. The minimum atomic E-state index is -0.979. The molecule has 8 heteroatoms. The molecule has 1 unspecified atom stereocenters. The number of halogens is 2. The third-order valence-electron chi connectivity index (χ3n) is 4.92. The van der Waals surface area contributed by atoms with Gasteiger partial charge in [-0.05, 0) is 36.4 Å². The number of nitrogens with zero attached hydrogens (tertiary/aromatic N) is 1. The van der Waals surface area contributed by atoms with Crippen LogP contribution in [0.4, 0.5) is 5.69 Å². The van der Waals surface area contributed by atoms with Crippen molar-refractivity contribution in [1.82, 2.24) is 4.57 Å². The Morgan fingerprint density at radius 2 is 1.67 bits per heavy atom. The van der Waals surface area contributed by atoms with E-state index in [0.717, 1.165) is 0 Å². The maximum atomic E-state index is 13.3. The summed E-state index contributed by atoms with van der Waals surface area (Å²) < 4.78 is 7.86. The van der Waals surface area contributed by atoms with E-state index in [9.17, 15) is 4.79 Å². The number of amidine groups is 1. The van der Waals surface area contributed by atoms with E-state index in [1.54, 1.807) is 48.5 Å². The number of carbonyl (C=O) groups excluding carboxylic acids is 1. The summed E-state index contributed by atoms with van der Waals surface area (Å²) in [7, 11) is 0. The molecule has 4 aromatic rings. The van der Waals surface area contributed by atoms with Crippen LogP contribution in [-0.2, 0) is 4.79 Å². The summed E-state index contributed by atoms with van der Waals surface area (Å²) in [5.74, 6) is -0.120. The Bertz CT molecular complexity index is 1290. The summed E-state index contributed by atoms with van der Waals surface area (Å²) >= 11 is 12.9. The fourth-order valence-corrected chi connectivity index (χ4v) is 3.76. The van der Waals surface area contributed by atoms with Gasteiger partial charge in [0.05, 0.1) is 21.4 Å². The van der Waals surface area contributed by atoms with E-state index < -0.39 is 12.0 Å². The largest absolute Gasteiger partial charge is 0.476 e. The molecule has 0 aliphatic heterocycles. The standard InChI is InChI=1S/C25H20Cl2N4O2/c26-19-15-22(31-11-4-5-12-31)20(27)14-21(19)30-25(32)23(16-7-2-1-3-8-16)33-18-10-6-9-17(13-18)24(28)29/h1-15,23H,(H3,28,29)(H,30,32). The van der Waals surface area contributed by atoms with Crippen LogP contribution in [0.2, 0.25) is 10.0 Å². The van der Waals surface area contributed by atoms with Gasteiger partial charge >= 0.3 is 0 Å². The molecular weight excluding hydrogens is 459 g/mol. The lowest BCUT2D eigenvalue weighted by Gasteiger charge is -2.20. The average Bonchev–Trinajstić information content (AvgIpc) is 3.35. The highest BCUT2D eigenvalue weighted by molar-refractivity contribution is 6.37. The van der Waals surface area contributed by atoms with Gasteiger partial charge in [-0.1, -0.05) is 65.7 Å². The maximum absolute atomic E-state index is 13.3. The lowest BCUT2D eigenvalue weighted by molar-refractivity contribution is -0.123. The Morgan fingerprint density at radius 1 is 0.939 bits per heavy atom. The molecule has 33 heavy (non-hydrogen) atoms. The molecule has 0 spiro atoms. The molecule has 6 nitrogen and oxygen atoms in total. The molecule has 0 saturated carbocycles. The van der Waals surface area contributed by atoms with Crippen LogP contribution in [0, 0.1) is 5.41 Å². The van der Waals surface area contributed by atoms with Crippen LogP contribution in [0.5, 0.6) is 5.75 Å². The third-order valence-corrected chi connectivity index (χ3v) is 5.53. The van der Waals surface area contributed by atoms with Gasteiger partial charge in [0, 0.05) is 23.5 Å². The zero-order valence-electron chi connectivity index (χ0n) is 17.3. The van der Waals surface area contributed by atoms with Crippen molar-refractivity contribution in [3.05, 3.63) is 112 Å². The Hall–Kier alpha value is -3.74. The van der Waals surface area contributed by atoms with Crippen LogP contribution in [0.15, 0.2) is 91.3 Å². The van der Waals surface area contributed by atoms with Crippen LogP contribution >= 0.6 is 23.2 Å². The molecule has 166 valence electrons. The van der Waals surface area contributed by atoms with E-state index in [1.165, 1.54) is 0 Å². The monoisotopic (exact) mass is 478 g/mol. The fraction of sp³-hybridized carbons (Fsp3) is 0.0400. The van der Waals surface area contributed by atoms with Crippen molar-refractivity contribution in [2.45, 2.75) is 6.10 Å². The van der Waals surface area contributed by atoms with E-state index in [2.05, 4.69) is 5.32 Å². The molecule has 4 N–H and O–H groups in total. The number of nitrogen functional groups attached to an aromatic ring is 1. The zero-order chi connectivity index (χ0) is 23.4. The van der Waals surface area contributed by atoms with Crippen LogP contribution < -0.4 is 15.8 Å². The summed E-state index contributed by atoms with van der Waals surface area (Å²) in [5.41, 5.74) is 7.79. The lowest BCUT2D eigenvalue weighted by Crippen LogP contribution is -2.26. The van der Waals surface area contributed by atoms with Gasteiger partial charge in [-0.25, -0.2) is 0 Å². The number of benzene rings is 3. The number of nitrogens with one attached hydrogen (secondary N) is 2. The molecule has 0 fully saturated rings. The number of nitrogens with two attached hydrogens (primary N) is 1. The molecule has 0 aliphatic carbocycles. The van der Waals surface area contributed by atoms with Gasteiger partial charge in [0.25, 0.3) is 5.91 Å². The maximum Gasteiger partial charge on any atom is 0.270 e. The average molecular weight is 479 g/mol. The molecule has 1 atom stereocenters. The number of amides is 1. The molecule has 3 aromatic carbocycles. The van der Waals surface area contributed by atoms with Gasteiger partial charge in [0.15, 0.2) is 0 Å². The first kappa shape index (κ1) is 22.5. The quantitative estimate of drug-likeness (QED) is 0.230. The molecule has 1 amide bonds. The van der Waals surface area contributed by atoms with Crippen molar-refractivity contribution in [2.75, 3.05) is 5.32 Å². The first-order valence-electron chi connectivity index (χ1n) is 10.0. The highest BCUT2D eigenvalue weighted by Gasteiger charge is 2.24. The predicted octanol–water partition coefficient (Wildman–Crippen LogP) is 5.83. The molecule has 0 bridgehead atoms. The Morgan fingerprint density at radius 3 is 2.36 bits per heavy atom. The van der Waals surface area contributed by atoms with Crippen LogP contribution in [0.25, 0.3) is 5.69 Å². The van der Waals surface area contributed by atoms with E-state index in [4.69, 9.17) is 39.1 Å². The molecule has 0 aliphatic rings. The second-order valence-corrected chi connectivity index (χ2v) is 8.03. The molecule has 4 rings (SSSR count). The van der Waals surface area contributed by atoms with Crippen molar-refractivity contribution in [2.24, 2.45) is 5.73 Å². The van der Waals surface area contributed by atoms with Gasteiger partial charge in [-0.15, -0.1) is 0 Å². The minimum absolute atomic E-state index is 0.0923. The number of hydrogen-bond acceptors (Lipinski definition) is 3. The van der Waals surface area contributed by atoms with E-state index in [-0.39, 0.29) is 5.84 Å². The van der Waals surface area contributed by atoms with Crippen molar-refractivity contribution >= 4 is 40.6 Å². The van der Waals surface area contributed by atoms with Gasteiger partial charge in [-0.2, -0.15) is 0 Å². The normalized spacial score (nSPS) is 11.6. The lowest BCUT2D eigenvalue weighted by atomic mass is 10.1. The number of ether oxygens (including phenoxy) is 1. The Balaban J connectivity index is 1.63. The van der Waals surface area contributed by atoms with Crippen molar-refractivity contribution in [1.29, 1.82) is 5.41 Å². The highest BCUT2D eigenvalue weighted by Crippen LogP contribution is 2.33. The second kappa shape index (κ2) is 9.81. The molecule has 1 heterocycles. The molecule has 0 saturated heterocycles. The number of anilines is 1. The van der Waals surface area contributed by atoms with Gasteiger partial charge in [0.2, 0.25) is 6.10 Å². The number of aromatic nitrogens is 1. The van der Waals surface area contributed by atoms with Gasteiger partial charge in [0.1, 0.15) is 11.6 Å². The number of rotatable bonds is 7. The highest BCUT2D eigenvalue weighted by atomic mass is 35.5. The number of hydrogen-bond donors (Lipinski definition) is 3. The van der Waals surface area contributed by atoms with Crippen LogP contribution in [-0.4, -0.2) is 16.3 Å². The van der Waals surface area contributed by atoms with E-state index >= 15 is 0 Å². The third kappa shape index (κ3) is 5.19. The SMILES string of the molecule is N=C(N)c1cccc(OC(C(=O)Nc2cc(Cl)c(-n3cccc3)cc2Cl)c2ccccc2)c1. The molecule has 0 radical (unpaired) electrons. The van der Waals surface area contributed by atoms with Crippen LogP contribution in [0.1, 0.15) is 17.2 Å². The number of carbonyl (C=O) groups is 1. The Labute approximate surface area is 201 Å². The topological polar surface area (TPSA) is 93.1 Å². The first-order valence-corrected chi connectivity index (χ1v) is 10.8. The fourth-order valence-electron chi connectivity index (χ4n) is 3.30. The van der Waals surface area contributed by atoms with Crippen molar-refractivity contribution in [3.8, 4) is 11.4 Å². The van der Waals surface area contributed by atoms with Crippen LogP contribution in [0.3, 0.4) is 0 Å². The summed E-state index contributed by atoms with van der Waals surface area (Å²) in [5, 5.41) is 11.2. The minimum Gasteiger partial charge on any atom is -0.476 e. The van der Waals surface area contributed by atoms with E-state index in [1.807, 2.05) is 47.3 Å².